The molecule has 0 aliphatic rings. The average molecular weight is 420 g/mol. The smallest absolute Gasteiger partial charge is 0.338 e. The first-order chi connectivity index (χ1) is 14.9. The fourth-order valence-corrected chi connectivity index (χ4v) is 3.10. The zero-order valence-corrected chi connectivity index (χ0v) is 16.9. The van der Waals surface area contributed by atoms with Crippen LogP contribution in [0.4, 0.5) is 5.69 Å². The van der Waals surface area contributed by atoms with Crippen molar-refractivity contribution in [2.45, 2.75) is 6.04 Å². The Balaban J connectivity index is 1.99. The Labute approximate surface area is 178 Å². The van der Waals surface area contributed by atoms with Crippen molar-refractivity contribution in [2.24, 2.45) is 0 Å². The number of nitrogens with zero attached hydrogens (tertiary/aromatic N) is 1. The minimum atomic E-state index is -0.771. The predicted octanol–water partition coefficient (Wildman–Crippen LogP) is 3.91. The Morgan fingerprint density at radius 1 is 0.903 bits per heavy atom. The van der Waals surface area contributed by atoms with E-state index < -0.39 is 22.8 Å². The van der Waals surface area contributed by atoms with E-state index in [2.05, 4.69) is 10.1 Å². The maximum Gasteiger partial charge on any atom is 0.338 e. The van der Waals surface area contributed by atoms with E-state index in [0.29, 0.717) is 5.75 Å². The fraction of sp³-hybridized carbons (Fsp3) is 0.130. The Bertz CT molecular complexity index is 1100. The second kappa shape index (κ2) is 9.53. The number of rotatable bonds is 7. The molecule has 1 amide bonds. The van der Waals surface area contributed by atoms with Gasteiger partial charge in [0.2, 0.25) is 0 Å². The van der Waals surface area contributed by atoms with Crippen LogP contribution >= 0.6 is 0 Å². The Kier molecular flexibility index (Phi) is 6.61. The minimum absolute atomic E-state index is 0.0240. The van der Waals surface area contributed by atoms with E-state index in [1.165, 1.54) is 6.07 Å². The van der Waals surface area contributed by atoms with E-state index in [4.69, 9.17) is 4.74 Å². The third-order valence-corrected chi connectivity index (χ3v) is 4.67. The molecule has 0 aliphatic heterocycles. The maximum absolute atomic E-state index is 13.1. The summed E-state index contributed by atoms with van der Waals surface area (Å²) in [5.41, 5.74) is 1.12. The summed E-state index contributed by atoms with van der Waals surface area (Å²) in [6.45, 7) is 0. The van der Waals surface area contributed by atoms with E-state index >= 15 is 0 Å². The summed E-state index contributed by atoms with van der Waals surface area (Å²) in [5.74, 6) is -0.672. The zero-order valence-electron chi connectivity index (χ0n) is 16.9. The Hall–Kier alpha value is -4.20. The topological polar surface area (TPSA) is 108 Å². The summed E-state index contributed by atoms with van der Waals surface area (Å²) in [4.78, 5) is 35.6. The van der Waals surface area contributed by atoms with Crippen LogP contribution in [0.5, 0.6) is 5.75 Å². The summed E-state index contributed by atoms with van der Waals surface area (Å²) in [6.07, 6.45) is 0. The van der Waals surface area contributed by atoms with Crippen LogP contribution in [0, 0.1) is 10.1 Å². The van der Waals surface area contributed by atoms with Crippen molar-refractivity contribution in [2.75, 3.05) is 14.2 Å². The summed E-state index contributed by atoms with van der Waals surface area (Å²) >= 11 is 0. The first kappa shape index (κ1) is 21.5. The van der Waals surface area contributed by atoms with Gasteiger partial charge in [-0.3, -0.25) is 14.9 Å². The van der Waals surface area contributed by atoms with Crippen LogP contribution in [0.2, 0.25) is 0 Å². The van der Waals surface area contributed by atoms with Crippen molar-refractivity contribution >= 4 is 17.6 Å². The van der Waals surface area contributed by atoms with Gasteiger partial charge in [-0.25, -0.2) is 4.79 Å². The second-order valence-electron chi connectivity index (χ2n) is 6.61. The van der Waals surface area contributed by atoms with E-state index in [-0.39, 0.29) is 16.8 Å². The number of nitro benzene ring substituents is 1. The number of non-ortho nitro benzene ring substituents is 1. The van der Waals surface area contributed by atoms with Crippen LogP contribution in [-0.4, -0.2) is 31.0 Å². The van der Waals surface area contributed by atoms with Gasteiger partial charge in [-0.15, -0.1) is 0 Å². The van der Waals surface area contributed by atoms with Crippen molar-refractivity contribution in [3.05, 3.63) is 105 Å². The van der Waals surface area contributed by atoms with Gasteiger partial charge in [0.1, 0.15) is 5.75 Å². The molecule has 3 rings (SSSR count). The third-order valence-electron chi connectivity index (χ3n) is 4.67. The number of nitro groups is 1. The molecular formula is C23H20N2O6. The monoisotopic (exact) mass is 420 g/mol. The number of ether oxygens (including phenoxy) is 2. The molecule has 0 aromatic heterocycles. The molecule has 0 spiro atoms. The molecule has 0 heterocycles. The number of esters is 1. The van der Waals surface area contributed by atoms with Gasteiger partial charge in [0.15, 0.2) is 0 Å². The van der Waals surface area contributed by atoms with Crippen molar-refractivity contribution in [1.82, 2.24) is 5.32 Å². The van der Waals surface area contributed by atoms with Crippen molar-refractivity contribution in [3.63, 3.8) is 0 Å². The van der Waals surface area contributed by atoms with E-state index in [9.17, 15) is 19.7 Å². The van der Waals surface area contributed by atoms with Crippen LogP contribution < -0.4 is 10.1 Å². The Morgan fingerprint density at radius 2 is 1.52 bits per heavy atom. The van der Waals surface area contributed by atoms with Crippen LogP contribution in [0.3, 0.4) is 0 Å². The maximum atomic E-state index is 13.1. The number of hydrogen-bond donors (Lipinski definition) is 1. The molecule has 8 heteroatoms. The third kappa shape index (κ3) is 5.05. The highest BCUT2D eigenvalue weighted by atomic mass is 16.6. The van der Waals surface area contributed by atoms with Crippen LogP contribution in [0.1, 0.15) is 37.9 Å². The summed E-state index contributed by atoms with van der Waals surface area (Å²) in [6, 6.07) is 19.4. The highest BCUT2D eigenvalue weighted by Crippen LogP contribution is 2.25. The van der Waals surface area contributed by atoms with E-state index in [1.807, 2.05) is 42.5 Å². The molecule has 1 unspecified atom stereocenters. The van der Waals surface area contributed by atoms with Crippen molar-refractivity contribution < 1.29 is 24.0 Å². The quantitative estimate of drug-likeness (QED) is 0.353. The number of hydrogen-bond acceptors (Lipinski definition) is 6. The van der Waals surface area contributed by atoms with Crippen molar-refractivity contribution in [1.29, 1.82) is 0 Å². The largest absolute Gasteiger partial charge is 0.497 e. The van der Waals surface area contributed by atoms with Gasteiger partial charge in [-0.2, -0.15) is 0 Å². The molecule has 0 saturated heterocycles. The molecule has 31 heavy (non-hydrogen) atoms. The molecule has 1 N–H and O–H groups in total. The first-order valence-corrected chi connectivity index (χ1v) is 9.30. The van der Waals surface area contributed by atoms with Crippen LogP contribution in [0.15, 0.2) is 72.8 Å². The second-order valence-corrected chi connectivity index (χ2v) is 6.61. The van der Waals surface area contributed by atoms with Gasteiger partial charge >= 0.3 is 5.97 Å². The molecule has 3 aromatic rings. The number of carbonyl (C=O) groups excluding carboxylic acids is 2. The summed E-state index contributed by atoms with van der Waals surface area (Å²) in [5, 5.41) is 14.2. The van der Waals surface area contributed by atoms with Crippen LogP contribution in [0.25, 0.3) is 0 Å². The van der Waals surface area contributed by atoms with Gasteiger partial charge in [-0.1, -0.05) is 42.5 Å². The van der Waals surface area contributed by atoms with E-state index in [1.54, 1.807) is 19.2 Å². The summed E-state index contributed by atoms with van der Waals surface area (Å²) in [7, 11) is 2.72. The lowest BCUT2D eigenvalue weighted by molar-refractivity contribution is -0.384. The molecule has 0 aliphatic carbocycles. The molecule has 0 bridgehead atoms. The fourth-order valence-electron chi connectivity index (χ4n) is 3.10. The Morgan fingerprint density at radius 3 is 2.10 bits per heavy atom. The summed E-state index contributed by atoms with van der Waals surface area (Å²) < 4.78 is 9.83. The van der Waals surface area contributed by atoms with Crippen molar-refractivity contribution in [3.8, 4) is 5.75 Å². The zero-order chi connectivity index (χ0) is 22.4. The van der Waals surface area contributed by atoms with Gasteiger partial charge in [0, 0.05) is 17.7 Å². The highest BCUT2D eigenvalue weighted by Gasteiger charge is 2.22. The number of carbonyl (C=O) groups is 2. The highest BCUT2D eigenvalue weighted by molar-refractivity contribution is 5.99. The number of amides is 1. The van der Waals surface area contributed by atoms with E-state index in [0.717, 1.165) is 30.4 Å². The lowest BCUT2D eigenvalue weighted by atomic mass is 9.98. The molecule has 0 fully saturated rings. The molecule has 0 radical (unpaired) electrons. The molecule has 8 nitrogen and oxygen atoms in total. The number of benzene rings is 3. The van der Waals surface area contributed by atoms with Crippen LogP contribution in [-0.2, 0) is 4.74 Å². The average Bonchev–Trinajstić information content (AvgIpc) is 2.82. The van der Waals surface area contributed by atoms with Gasteiger partial charge in [-0.05, 0) is 29.3 Å². The SMILES string of the molecule is COC(=O)c1cc(C(=O)NC(c2ccccc2)c2ccc(OC)cc2)cc([N+](=O)[O-])c1. The number of nitrogens with one attached hydrogen (secondary N) is 1. The van der Waals surface area contributed by atoms with Gasteiger partial charge in [0.25, 0.3) is 11.6 Å². The lowest BCUT2D eigenvalue weighted by Crippen LogP contribution is -2.29. The standard InChI is InChI=1S/C23H20N2O6/c1-30-20-10-8-16(9-11-20)21(15-6-4-3-5-7-15)24-22(26)17-12-18(23(27)31-2)14-19(13-17)25(28)29/h3-14,21H,1-2H3,(H,24,26). The molecule has 158 valence electrons. The lowest BCUT2D eigenvalue weighted by Gasteiger charge is -2.20. The predicted molar refractivity (Wildman–Crippen MR) is 113 cm³/mol. The first-order valence-electron chi connectivity index (χ1n) is 9.30. The van der Waals surface area contributed by atoms with Gasteiger partial charge in [0.05, 0.1) is 30.7 Å². The minimum Gasteiger partial charge on any atom is -0.497 e. The number of methoxy groups -OCH3 is 2. The molecule has 3 aromatic carbocycles. The van der Waals surface area contributed by atoms with Gasteiger partial charge < -0.3 is 14.8 Å². The molecule has 0 saturated carbocycles. The normalized spacial score (nSPS) is 11.3. The molecular weight excluding hydrogens is 400 g/mol. The molecule has 1 atom stereocenters.